The number of hydrogen-bond donors (Lipinski definition) is 4. The maximum atomic E-state index is 15.7. The molecule has 2 aromatic carbocycles. The van der Waals surface area contributed by atoms with E-state index in [0.29, 0.717) is 53.5 Å². The summed E-state index contributed by atoms with van der Waals surface area (Å²) in [6.07, 6.45) is 6.29. The highest BCUT2D eigenvalue weighted by Gasteiger charge is 2.41. The Morgan fingerprint density at radius 1 is 0.836 bits per heavy atom. The van der Waals surface area contributed by atoms with E-state index < -0.39 is 30.1 Å². The average molecular weight is 775 g/mol. The number of methoxy groups -OCH3 is 2. The zero-order valence-electron chi connectivity index (χ0n) is 31.7. The third kappa shape index (κ3) is 8.48. The number of H-pyrrole nitrogens is 2. The van der Waals surface area contributed by atoms with Gasteiger partial charge in [0.05, 0.1) is 50.1 Å². The second kappa shape index (κ2) is 17.0. The minimum atomic E-state index is -0.759. The van der Waals surface area contributed by atoms with Gasteiger partial charge in [-0.15, -0.1) is 0 Å². The van der Waals surface area contributed by atoms with Crippen molar-refractivity contribution in [3.8, 4) is 33.6 Å². The summed E-state index contributed by atoms with van der Waals surface area (Å²) in [7, 11) is 2.52. The molecule has 292 valence electrons. The molecule has 16 heteroatoms. The van der Waals surface area contributed by atoms with Crippen LogP contribution in [0.15, 0.2) is 54.9 Å². The smallest absolute Gasteiger partial charge is 0.407 e. The molecule has 2 aliphatic rings. The van der Waals surface area contributed by atoms with E-state index in [0.717, 1.165) is 24.1 Å². The third-order valence-corrected chi connectivity index (χ3v) is 11.3. The maximum absolute atomic E-state index is 15.7. The van der Waals surface area contributed by atoms with Gasteiger partial charge in [-0.1, -0.05) is 50.2 Å². The topological polar surface area (TPSA) is 175 Å². The maximum Gasteiger partial charge on any atom is 0.407 e. The summed E-state index contributed by atoms with van der Waals surface area (Å²) in [6, 6.07) is 10.4. The number of alkyl carbamates (subject to hydrolysis) is 2. The predicted molar refractivity (Wildman–Crippen MR) is 206 cm³/mol. The fourth-order valence-electron chi connectivity index (χ4n) is 7.26. The van der Waals surface area contributed by atoms with Gasteiger partial charge in [-0.3, -0.25) is 9.59 Å². The summed E-state index contributed by atoms with van der Waals surface area (Å²) >= 11 is 1.68. The van der Waals surface area contributed by atoms with E-state index in [2.05, 4.69) is 35.3 Å². The van der Waals surface area contributed by atoms with Crippen LogP contribution in [-0.2, 0) is 19.1 Å². The molecule has 0 saturated carbocycles. The Labute approximate surface area is 323 Å². The van der Waals surface area contributed by atoms with E-state index in [1.807, 2.05) is 50.4 Å². The standard InChI is InChI=1S/C39H47FN8O6S/c1-21(2)33(46-39(52)54-5)37(50)48-20-26(55-6)17-32(48)35-42-19-30(45-35)25-13-14-27(28(40)16-25)23-9-11-24(12-10-23)29-18-41-34(44-29)31-8-7-15-47(31)36(49)22(3)43-38(51)53-4/h9-14,16,18-19,21-22,26,31-33H,7-8,15,17,20H2,1-6H3,(H,41,44)(H,42,45)(H,43,51)(H,46,52). The van der Waals surface area contributed by atoms with Crippen molar-refractivity contribution < 1.29 is 33.0 Å². The zero-order valence-corrected chi connectivity index (χ0v) is 32.5. The average Bonchev–Trinajstić information content (AvgIpc) is 4.02. The Balaban J connectivity index is 1.14. The molecule has 2 fully saturated rings. The summed E-state index contributed by atoms with van der Waals surface area (Å²) in [5, 5.41) is 5.40. The van der Waals surface area contributed by atoms with Crippen molar-refractivity contribution >= 4 is 35.8 Å². The molecule has 4 aromatic rings. The molecule has 4 N–H and O–H groups in total. The van der Waals surface area contributed by atoms with Gasteiger partial charge < -0.3 is 39.9 Å². The Morgan fingerprint density at radius 2 is 1.44 bits per heavy atom. The molecule has 55 heavy (non-hydrogen) atoms. The second-order valence-corrected chi connectivity index (χ2v) is 15.3. The van der Waals surface area contributed by atoms with Crippen molar-refractivity contribution in [1.29, 1.82) is 0 Å². The van der Waals surface area contributed by atoms with E-state index >= 15 is 4.39 Å². The molecular weight excluding hydrogens is 728 g/mol. The second-order valence-electron chi connectivity index (χ2n) is 14.1. The van der Waals surface area contributed by atoms with Crippen LogP contribution in [0.4, 0.5) is 14.0 Å². The first-order valence-corrected chi connectivity index (χ1v) is 19.5. The quantitative estimate of drug-likeness (QED) is 0.141. The van der Waals surface area contributed by atoms with Crippen LogP contribution in [-0.4, -0.2) is 105 Å². The molecule has 6 rings (SSSR count). The number of imidazole rings is 2. The minimum Gasteiger partial charge on any atom is -0.453 e. The Morgan fingerprint density at radius 3 is 2.05 bits per heavy atom. The fraction of sp³-hybridized carbons (Fsp3) is 0.436. The number of likely N-dealkylation sites (tertiary alicyclic amines) is 2. The molecule has 5 atom stereocenters. The molecule has 4 heterocycles. The van der Waals surface area contributed by atoms with Crippen LogP contribution in [0.5, 0.6) is 0 Å². The normalized spacial score (nSPS) is 19.3. The van der Waals surface area contributed by atoms with Crippen LogP contribution in [0.3, 0.4) is 0 Å². The first-order chi connectivity index (χ1) is 26.4. The SMILES string of the molecule is COC(=O)NC(C)C(=O)N1CCCC1c1ncc(-c2ccc(-c3ccc(-c4cnc(C5CC(SC)CN5C(=O)C(NC(=O)OC)C(C)C)[nH]4)cc3F)cc2)[nH]1. The summed E-state index contributed by atoms with van der Waals surface area (Å²) in [6.45, 7) is 6.43. The van der Waals surface area contributed by atoms with Crippen molar-refractivity contribution in [3.05, 3.63) is 72.3 Å². The lowest BCUT2D eigenvalue weighted by Crippen LogP contribution is -2.51. The van der Waals surface area contributed by atoms with Gasteiger partial charge in [-0.05, 0) is 55.6 Å². The lowest BCUT2D eigenvalue weighted by atomic mass is 10.0. The Hall–Kier alpha value is -5.38. The van der Waals surface area contributed by atoms with Crippen LogP contribution in [0.1, 0.15) is 63.8 Å². The van der Waals surface area contributed by atoms with Crippen molar-refractivity contribution in [2.45, 2.75) is 69.5 Å². The van der Waals surface area contributed by atoms with Gasteiger partial charge in [0.2, 0.25) is 11.8 Å². The number of aromatic nitrogens is 4. The molecule has 14 nitrogen and oxygen atoms in total. The van der Waals surface area contributed by atoms with E-state index in [1.54, 1.807) is 46.9 Å². The summed E-state index contributed by atoms with van der Waals surface area (Å²) in [5.41, 5.74) is 3.98. The predicted octanol–water partition coefficient (Wildman–Crippen LogP) is 6.07. The minimum absolute atomic E-state index is 0.163. The van der Waals surface area contributed by atoms with Crippen LogP contribution in [0, 0.1) is 11.7 Å². The van der Waals surface area contributed by atoms with Crippen LogP contribution in [0.2, 0.25) is 0 Å². The van der Waals surface area contributed by atoms with E-state index in [9.17, 15) is 19.2 Å². The number of benzene rings is 2. The number of nitrogens with zero attached hydrogens (tertiary/aromatic N) is 4. The molecule has 2 aliphatic heterocycles. The van der Waals surface area contributed by atoms with Crippen LogP contribution in [0.25, 0.3) is 33.6 Å². The number of hydrogen-bond acceptors (Lipinski definition) is 9. The number of ether oxygens (including phenoxy) is 2. The summed E-state index contributed by atoms with van der Waals surface area (Å²) < 4.78 is 25.1. The van der Waals surface area contributed by atoms with Gasteiger partial charge in [-0.25, -0.2) is 23.9 Å². The third-order valence-electron chi connectivity index (χ3n) is 10.3. The highest BCUT2D eigenvalue weighted by molar-refractivity contribution is 7.99. The molecule has 0 bridgehead atoms. The van der Waals surface area contributed by atoms with Crippen molar-refractivity contribution in [3.63, 3.8) is 0 Å². The van der Waals surface area contributed by atoms with Crippen molar-refractivity contribution in [2.75, 3.05) is 33.6 Å². The molecule has 2 saturated heterocycles. The lowest BCUT2D eigenvalue weighted by Gasteiger charge is -2.30. The molecule has 0 radical (unpaired) electrons. The van der Waals surface area contributed by atoms with Gasteiger partial charge >= 0.3 is 12.2 Å². The fourth-order valence-corrected chi connectivity index (χ4v) is 7.95. The zero-order chi connectivity index (χ0) is 39.4. The number of aromatic amines is 2. The number of carbonyl (C=O) groups is 4. The first-order valence-electron chi connectivity index (χ1n) is 18.3. The first kappa shape index (κ1) is 39.3. The van der Waals surface area contributed by atoms with Gasteiger partial charge in [-0.2, -0.15) is 11.8 Å². The monoisotopic (exact) mass is 774 g/mol. The van der Waals surface area contributed by atoms with E-state index in [-0.39, 0.29) is 35.1 Å². The largest absolute Gasteiger partial charge is 0.453 e. The highest BCUT2D eigenvalue weighted by Crippen LogP contribution is 2.38. The molecule has 0 aliphatic carbocycles. The van der Waals surface area contributed by atoms with Crippen molar-refractivity contribution in [1.82, 2.24) is 40.4 Å². The summed E-state index contributed by atoms with van der Waals surface area (Å²) in [5.74, 6) is 0.275. The lowest BCUT2D eigenvalue weighted by molar-refractivity contribution is -0.135. The van der Waals surface area contributed by atoms with Gasteiger partial charge in [0.1, 0.15) is 29.5 Å². The van der Waals surface area contributed by atoms with Gasteiger partial charge in [0.25, 0.3) is 0 Å². The number of nitrogens with one attached hydrogen (secondary N) is 4. The van der Waals surface area contributed by atoms with Crippen LogP contribution < -0.4 is 10.6 Å². The van der Waals surface area contributed by atoms with Crippen molar-refractivity contribution in [2.24, 2.45) is 5.92 Å². The number of thioether (sulfide) groups is 1. The molecular formula is C39H47FN8O6S. The molecule has 4 amide bonds. The Bertz CT molecular complexity index is 2020. The molecule has 5 unspecified atom stereocenters. The molecule has 0 spiro atoms. The summed E-state index contributed by atoms with van der Waals surface area (Å²) in [4.78, 5) is 69.9. The van der Waals surface area contributed by atoms with Gasteiger partial charge in [0.15, 0.2) is 0 Å². The van der Waals surface area contributed by atoms with E-state index in [4.69, 9.17) is 4.74 Å². The van der Waals surface area contributed by atoms with Crippen LogP contribution >= 0.6 is 11.8 Å². The van der Waals surface area contributed by atoms with E-state index in [1.165, 1.54) is 20.3 Å². The number of rotatable bonds is 11. The molecule has 2 aromatic heterocycles. The highest BCUT2D eigenvalue weighted by atomic mass is 32.2. The number of carbonyl (C=O) groups excluding carboxylic acids is 4. The number of amides is 4. The van der Waals surface area contributed by atoms with Gasteiger partial charge in [0, 0.05) is 29.5 Å². The number of halogens is 1. The Kier molecular flexibility index (Phi) is 12.1.